The van der Waals surface area contributed by atoms with Gasteiger partial charge in [-0.2, -0.15) is 0 Å². The molecule has 1 aromatic rings. The molecular weight excluding hydrogens is 188 g/mol. The van der Waals surface area contributed by atoms with Crippen LogP contribution in [0.2, 0.25) is 0 Å². The smallest absolute Gasteiger partial charge is 0.235 e. The molecule has 0 saturated carbocycles. The lowest BCUT2D eigenvalue weighted by Crippen LogP contribution is -2.35. The molecule has 1 fully saturated rings. The predicted molar refractivity (Wildman–Crippen MR) is 59.8 cm³/mol. The van der Waals surface area contributed by atoms with Crippen molar-refractivity contribution in [2.24, 2.45) is 4.99 Å². The summed E-state index contributed by atoms with van der Waals surface area (Å²) in [6, 6.07) is 10.5. The van der Waals surface area contributed by atoms with Gasteiger partial charge < -0.3 is 4.90 Å². The molecule has 78 valence electrons. The molecule has 0 amide bonds. The van der Waals surface area contributed by atoms with E-state index in [0.29, 0.717) is 0 Å². The van der Waals surface area contributed by atoms with Crippen molar-refractivity contribution in [3.05, 3.63) is 30.3 Å². The van der Waals surface area contributed by atoms with Gasteiger partial charge in [0.15, 0.2) is 0 Å². The highest BCUT2D eigenvalue weighted by atomic mass is 16.1. The summed E-state index contributed by atoms with van der Waals surface area (Å²) in [7, 11) is 0. The minimum absolute atomic E-state index is 0.183. The van der Waals surface area contributed by atoms with E-state index in [9.17, 15) is 4.79 Å². The fraction of sp³-hybridized carbons (Fsp3) is 0.417. The van der Waals surface area contributed by atoms with Crippen LogP contribution in [0.15, 0.2) is 35.3 Å². The number of anilines is 1. The second-order valence-electron chi connectivity index (χ2n) is 3.77. The number of carbonyl (C=O) groups excluding carboxylic acids is 1. The lowest BCUT2D eigenvalue weighted by molar-refractivity contribution is 0.493. The van der Waals surface area contributed by atoms with Gasteiger partial charge >= 0.3 is 0 Å². The van der Waals surface area contributed by atoms with Crippen LogP contribution < -0.4 is 4.90 Å². The molecule has 0 aromatic heterocycles. The van der Waals surface area contributed by atoms with Gasteiger partial charge in [0.2, 0.25) is 6.08 Å². The maximum absolute atomic E-state index is 10.1. The summed E-state index contributed by atoms with van der Waals surface area (Å²) in [5, 5.41) is 0. The molecule has 0 bridgehead atoms. The Kier molecular flexibility index (Phi) is 3.15. The van der Waals surface area contributed by atoms with E-state index in [1.807, 2.05) is 18.2 Å². The quantitative estimate of drug-likeness (QED) is 0.542. The maximum Gasteiger partial charge on any atom is 0.235 e. The molecular formula is C12H14N2O. The van der Waals surface area contributed by atoms with Crippen LogP contribution in [0.5, 0.6) is 0 Å². The van der Waals surface area contributed by atoms with E-state index in [1.54, 1.807) is 6.08 Å². The van der Waals surface area contributed by atoms with E-state index in [0.717, 1.165) is 25.9 Å². The molecule has 0 aliphatic carbocycles. The zero-order valence-electron chi connectivity index (χ0n) is 8.60. The molecule has 1 heterocycles. The summed E-state index contributed by atoms with van der Waals surface area (Å²) >= 11 is 0. The SMILES string of the molecule is O=C=NC1CCN(c2ccccc2)CC1. The zero-order chi connectivity index (χ0) is 10.5. The first-order valence-electron chi connectivity index (χ1n) is 5.27. The Labute approximate surface area is 89.4 Å². The minimum atomic E-state index is 0.183. The van der Waals surface area contributed by atoms with Crippen LogP contribution in [0.3, 0.4) is 0 Å². The predicted octanol–water partition coefficient (Wildman–Crippen LogP) is 1.99. The number of nitrogens with zero attached hydrogens (tertiary/aromatic N) is 2. The Morgan fingerprint density at radius 2 is 1.87 bits per heavy atom. The van der Waals surface area contributed by atoms with Crippen molar-refractivity contribution in [3.63, 3.8) is 0 Å². The Hall–Kier alpha value is -1.60. The van der Waals surface area contributed by atoms with Crippen LogP contribution in [0.25, 0.3) is 0 Å². The van der Waals surface area contributed by atoms with Gasteiger partial charge in [-0.25, -0.2) is 9.79 Å². The fourth-order valence-electron chi connectivity index (χ4n) is 1.97. The van der Waals surface area contributed by atoms with Gasteiger partial charge in [-0.15, -0.1) is 0 Å². The minimum Gasteiger partial charge on any atom is -0.371 e. The van der Waals surface area contributed by atoms with E-state index in [1.165, 1.54) is 5.69 Å². The second kappa shape index (κ2) is 4.76. The molecule has 2 rings (SSSR count). The van der Waals surface area contributed by atoms with Crippen molar-refractivity contribution >= 4 is 11.8 Å². The number of rotatable bonds is 2. The van der Waals surface area contributed by atoms with E-state index in [-0.39, 0.29) is 6.04 Å². The Bertz CT molecular complexity index is 349. The van der Waals surface area contributed by atoms with Crippen molar-refractivity contribution in [2.45, 2.75) is 18.9 Å². The third kappa shape index (κ3) is 2.45. The Morgan fingerprint density at radius 1 is 1.20 bits per heavy atom. The topological polar surface area (TPSA) is 32.7 Å². The Morgan fingerprint density at radius 3 is 2.47 bits per heavy atom. The van der Waals surface area contributed by atoms with E-state index in [4.69, 9.17) is 0 Å². The average Bonchev–Trinajstić information content (AvgIpc) is 2.32. The highest BCUT2D eigenvalue weighted by molar-refractivity contribution is 5.46. The van der Waals surface area contributed by atoms with Crippen molar-refractivity contribution in [1.82, 2.24) is 0 Å². The molecule has 0 radical (unpaired) electrons. The molecule has 15 heavy (non-hydrogen) atoms. The number of hydrogen-bond donors (Lipinski definition) is 0. The van der Waals surface area contributed by atoms with Crippen LogP contribution in [0.1, 0.15) is 12.8 Å². The van der Waals surface area contributed by atoms with E-state index < -0.39 is 0 Å². The zero-order valence-corrected chi connectivity index (χ0v) is 8.60. The van der Waals surface area contributed by atoms with Gasteiger partial charge in [-0.05, 0) is 25.0 Å². The maximum atomic E-state index is 10.1. The summed E-state index contributed by atoms with van der Waals surface area (Å²) in [6.07, 6.45) is 3.55. The lowest BCUT2D eigenvalue weighted by atomic mass is 10.1. The summed E-state index contributed by atoms with van der Waals surface area (Å²) in [5.41, 5.74) is 1.26. The average molecular weight is 202 g/mol. The number of benzene rings is 1. The number of para-hydroxylation sites is 1. The number of hydrogen-bond acceptors (Lipinski definition) is 3. The largest absolute Gasteiger partial charge is 0.371 e. The number of isocyanates is 1. The van der Waals surface area contributed by atoms with Crippen molar-refractivity contribution < 1.29 is 4.79 Å². The fourth-order valence-corrected chi connectivity index (χ4v) is 1.97. The number of piperidine rings is 1. The molecule has 1 saturated heterocycles. The molecule has 0 N–H and O–H groups in total. The summed E-state index contributed by atoms with van der Waals surface area (Å²) in [4.78, 5) is 16.2. The molecule has 3 heteroatoms. The van der Waals surface area contributed by atoms with Gasteiger partial charge in [0.1, 0.15) is 0 Å². The molecule has 0 atom stereocenters. The van der Waals surface area contributed by atoms with E-state index >= 15 is 0 Å². The van der Waals surface area contributed by atoms with Gasteiger partial charge in [0, 0.05) is 18.8 Å². The first-order valence-corrected chi connectivity index (χ1v) is 5.27. The van der Waals surface area contributed by atoms with Gasteiger partial charge in [-0.3, -0.25) is 0 Å². The summed E-state index contributed by atoms with van der Waals surface area (Å²) in [5.74, 6) is 0. The molecule has 1 aromatic carbocycles. The van der Waals surface area contributed by atoms with Crippen molar-refractivity contribution in [3.8, 4) is 0 Å². The first kappa shape index (κ1) is 9.94. The standard InChI is InChI=1S/C12H14N2O/c15-10-13-11-6-8-14(9-7-11)12-4-2-1-3-5-12/h1-5,11H,6-9H2. The molecule has 3 nitrogen and oxygen atoms in total. The van der Waals surface area contributed by atoms with Crippen LogP contribution in [-0.4, -0.2) is 25.2 Å². The summed E-state index contributed by atoms with van der Waals surface area (Å²) < 4.78 is 0. The molecule has 1 aliphatic heterocycles. The van der Waals surface area contributed by atoms with Crippen molar-refractivity contribution in [1.29, 1.82) is 0 Å². The monoisotopic (exact) mass is 202 g/mol. The van der Waals surface area contributed by atoms with Gasteiger partial charge in [0.05, 0.1) is 6.04 Å². The molecule has 0 unspecified atom stereocenters. The third-order valence-electron chi connectivity index (χ3n) is 2.82. The molecule has 0 spiro atoms. The lowest BCUT2D eigenvalue weighted by Gasteiger charge is -2.31. The van der Waals surface area contributed by atoms with Gasteiger partial charge in [0.25, 0.3) is 0 Å². The highest BCUT2D eigenvalue weighted by Crippen LogP contribution is 2.20. The Balaban J connectivity index is 1.97. The van der Waals surface area contributed by atoms with Crippen LogP contribution in [-0.2, 0) is 4.79 Å². The van der Waals surface area contributed by atoms with E-state index in [2.05, 4.69) is 22.0 Å². The first-order chi connectivity index (χ1) is 7.40. The second-order valence-corrected chi connectivity index (χ2v) is 3.77. The van der Waals surface area contributed by atoms with Crippen LogP contribution in [0.4, 0.5) is 5.69 Å². The van der Waals surface area contributed by atoms with Gasteiger partial charge in [-0.1, -0.05) is 18.2 Å². The van der Waals surface area contributed by atoms with Crippen molar-refractivity contribution in [2.75, 3.05) is 18.0 Å². The van der Waals surface area contributed by atoms with Crippen LogP contribution in [0, 0.1) is 0 Å². The normalized spacial score (nSPS) is 17.2. The number of aliphatic imine (C=N–C) groups is 1. The summed E-state index contributed by atoms with van der Waals surface area (Å²) in [6.45, 7) is 1.94. The van der Waals surface area contributed by atoms with Crippen LogP contribution >= 0.6 is 0 Å². The molecule has 1 aliphatic rings. The highest BCUT2D eigenvalue weighted by Gasteiger charge is 2.18. The third-order valence-corrected chi connectivity index (χ3v) is 2.82.